The molecule has 82 valence electrons. The highest BCUT2D eigenvalue weighted by Gasteiger charge is 2.10. The van der Waals surface area contributed by atoms with E-state index in [0.717, 1.165) is 5.56 Å². The van der Waals surface area contributed by atoms with Crippen LogP contribution in [0, 0.1) is 0 Å². The maximum absolute atomic E-state index is 11.1. The van der Waals surface area contributed by atoms with Gasteiger partial charge in [-0.2, -0.15) is 0 Å². The minimum Gasteiger partial charge on any atom is -0.461 e. The van der Waals surface area contributed by atoms with E-state index in [9.17, 15) is 4.79 Å². The standard InChI is InChI=1S/C11H13ClO3/c12-7-10(13)6-11(14)15-8-9-4-2-1-3-5-9/h1-5,10,13H,6-8H2. The molecule has 0 aliphatic rings. The van der Waals surface area contributed by atoms with Crippen molar-refractivity contribution in [1.82, 2.24) is 0 Å². The van der Waals surface area contributed by atoms with Crippen molar-refractivity contribution in [3.63, 3.8) is 0 Å². The van der Waals surface area contributed by atoms with Gasteiger partial charge in [0.05, 0.1) is 12.5 Å². The van der Waals surface area contributed by atoms with E-state index in [2.05, 4.69) is 0 Å². The number of halogens is 1. The third kappa shape index (κ3) is 4.81. The molecule has 0 saturated carbocycles. The number of benzene rings is 1. The summed E-state index contributed by atoms with van der Waals surface area (Å²) in [7, 11) is 0. The number of ether oxygens (including phenoxy) is 1. The zero-order valence-corrected chi connectivity index (χ0v) is 8.98. The molecule has 1 aromatic carbocycles. The number of hydrogen-bond donors (Lipinski definition) is 1. The van der Waals surface area contributed by atoms with Gasteiger partial charge in [0.25, 0.3) is 0 Å². The van der Waals surface area contributed by atoms with E-state index in [0.29, 0.717) is 0 Å². The van der Waals surface area contributed by atoms with Crippen molar-refractivity contribution >= 4 is 17.6 Å². The largest absolute Gasteiger partial charge is 0.461 e. The Morgan fingerprint density at radius 1 is 1.40 bits per heavy atom. The molecule has 0 fully saturated rings. The molecule has 1 aromatic rings. The second-order valence-corrected chi connectivity index (χ2v) is 3.47. The summed E-state index contributed by atoms with van der Waals surface area (Å²) in [6.07, 6.45) is -0.883. The molecule has 0 bridgehead atoms. The summed E-state index contributed by atoms with van der Waals surface area (Å²) in [6, 6.07) is 9.37. The van der Waals surface area contributed by atoms with Gasteiger partial charge < -0.3 is 9.84 Å². The predicted molar refractivity (Wildman–Crippen MR) is 57.6 cm³/mol. The first-order valence-corrected chi connectivity index (χ1v) is 5.19. The zero-order valence-electron chi connectivity index (χ0n) is 8.23. The molecule has 4 heteroatoms. The summed E-state index contributed by atoms with van der Waals surface area (Å²) >= 11 is 5.36. The molecule has 3 nitrogen and oxygen atoms in total. The summed E-state index contributed by atoms with van der Waals surface area (Å²) in [5, 5.41) is 9.09. The lowest BCUT2D eigenvalue weighted by atomic mass is 10.2. The summed E-state index contributed by atoms with van der Waals surface area (Å²) in [6.45, 7) is 0.231. The number of carbonyl (C=O) groups is 1. The van der Waals surface area contributed by atoms with Crippen LogP contribution in [0.5, 0.6) is 0 Å². The van der Waals surface area contributed by atoms with Gasteiger partial charge in [-0.3, -0.25) is 4.79 Å². The van der Waals surface area contributed by atoms with Crippen LogP contribution in [0.1, 0.15) is 12.0 Å². The van der Waals surface area contributed by atoms with Crippen LogP contribution in [0.2, 0.25) is 0 Å². The second kappa shape index (κ2) is 6.43. The molecule has 0 spiro atoms. The molecule has 0 aromatic heterocycles. The van der Waals surface area contributed by atoms with Crippen LogP contribution in [-0.4, -0.2) is 23.1 Å². The number of esters is 1. The number of aliphatic hydroxyl groups is 1. The molecular formula is C11H13ClO3. The molecule has 0 aliphatic carbocycles. The first-order chi connectivity index (χ1) is 7.22. The van der Waals surface area contributed by atoms with E-state index in [1.54, 1.807) is 0 Å². The van der Waals surface area contributed by atoms with Gasteiger partial charge in [-0.15, -0.1) is 11.6 Å². The zero-order chi connectivity index (χ0) is 11.1. The van der Waals surface area contributed by atoms with Crippen molar-refractivity contribution in [2.24, 2.45) is 0 Å². The average molecular weight is 229 g/mol. The Labute approximate surface area is 93.6 Å². The molecule has 0 saturated heterocycles. The van der Waals surface area contributed by atoms with Gasteiger partial charge in [0.1, 0.15) is 6.61 Å². The maximum Gasteiger partial charge on any atom is 0.308 e. The van der Waals surface area contributed by atoms with Crippen LogP contribution in [0.15, 0.2) is 30.3 Å². The minimum atomic E-state index is -0.824. The molecule has 1 N–H and O–H groups in total. The lowest BCUT2D eigenvalue weighted by Gasteiger charge is -2.07. The van der Waals surface area contributed by atoms with Gasteiger partial charge >= 0.3 is 5.97 Å². The predicted octanol–water partition coefficient (Wildman–Crippen LogP) is 1.72. The Morgan fingerprint density at radius 2 is 2.07 bits per heavy atom. The molecule has 0 amide bonds. The van der Waals surface area contributed by atoms with Gasteiger partial charge in [0, 0.05) is 5.88 Å². The smallest absolute Gasteiger partial charge is 0.308 e. The maximum atomic E-state index is 11.1. The first kappa shape index (κ1) is 12.0. The van der Waals surface area contributed by atoms with E-state index in [1.165, 1.54) is 0 Å². The number of rotatable bonds is 5. The molecule has 0 aliphatic heterocycles. The van der Waals surface area contributed by atoms with Gasteiger partial charge in [0.2, 0.25) is 0 Å². The van der Waals surface area contributed by atoms with Gasteiger partial charge in [-0.05, 0) is 5.56 Å². The molecule has 1 unspecified atom stereocenters. The van der Waals surface area contributed by atoms with E-state index >= 15 is 0 Å². The van der Waals surface area contributed by atoms with Crippen molar-refractivity contribution < 1.29 is 14.6 Å². The lowest BCUT2D eigenvalue weighted by Crippen LogP contribution is -2.16. The second-order valence-electron chi connectivity index (χ2n) is 3.16. The Morgan fingerprint density at radius 3 is 2.67 bits per heavy atom. The Hall–Kier alpha value is -1.06. The Kier molecular flexibility index (Phi) is 5.15. The molecular weight excluding hydrogens is 216 g/mol. The van der Waals surface area contributed by atoms with Gasteiger partial charge in [-0.1, -0.05) is 30.3 Å². The highest BCUT2D eigenvalue weighted by Crippen LogP contribution is 2.03. The highest BCUT2D eigenvalue weighted by molar-refractivity contribution is 6.18. The van der Waals surface area contributed by atoms with Crippen LogP contribution < -0.4 is 0 Å². The molecule has 0 radical (unpaired) electrons. The SMILES string of the molecule is O=C(CC(O)CCl)OCc1ccccc1. The van der Waals surface area contributed by atoms with Crippen LogP contribution >= 0.6 is 11.6 Å². The van der Waals surface area contributed by atoms with E-state index in [4.69, 9.17) is 21.4 Å². The minimum absolute atomic E-state index is 0.0421. The third-order valence-corrected chi connectivity index (χ3v) is 2.18. The molecule has 0 heterocycles. The number of alkyl halides is 1. The molecule has 15 heavy (non-hydrogen) atoms. The normalized spacial score (nSPS) is 12.1. The molecule has 1 rings (SSSR count). The summed E-state index contributed by atoms with van der Waals surface area (Å²) in [4.78, 5) is 11.1. The number of carbonyl (C=O) groups excluding carboxylic acids is 1. The van der Waals surface area contributed by atoms with Crippen molar-refractivity contribution in [2.75, 3.05) is 5.88 Å². The topological polar surface area (TPSA) is 46.5 Å². The number of aliphatic hydroxyl groups excluding tert-OH is 1. The summed E-state index contributed by atoms with van der Waals surface area (Å²) in [5.74, 6) is -0.396. The Balaban J connectivity index is 2.29. The summed E-state index contributed by atoms with van der Waals surface area (Å²) in [5.41, 5.74) is 0.922. The van der Waals surface area contributed by atoms with Gasteiger partial charge in [0.15, 0.2) is 0 Å². The van der Waals surface area contributed by atoms with Crippen LogP contribution in [0.3, 0.4) is 0 Å². The quantitative estimate of drug-likeness (QED) is 0.617. The van der Waals surface area contributed by atoms with Crippen molar-refractivity contribution in [3.8, 4) is 0 Å². The third-order valence-electron chi connectivity index (χ3n) is 1.82. The van der Waals surface area contributed by atoms with E-state index in [-0.39, 0.29) is 18.9 Å². The van der Waals surface area contributed by atoms with E-state index < -0.39 is 12.1 Å². The lowest BCUT2D eigenvalue weighted by molar-refractivity contribution is -0.146. The van der Waals surface area contributed by atoms with Crippen molar-refractivity contribution in [3.05, 3.63) is 35.9 Å². The Bertz CT molecular complexity index is 300. The van der Waals surface area contributed by atoms with Crippen LogP contribution in [-0.2, 0) is 16.1 Å². The van der Waals surface area contributed by atoms with Crippen molar-refractivity contribution in [1.29, 1.82) is 0 Å². The van der Waals surface area contributed by atoms with Crippen LogP contribution in [0.4, 0.5) is 0 Å². The first-order valence-electron chi connectivity index (χ1n) is 4.66. The number of hydrogen-bond acceptors (Lipinski definition) is 3. The summed E-state index contributed by atoms with van der Waals surface area (Å²) < 4.78 is 4.94. The fraction of sp³-hybridized carbons (Fsp3) is 0.364. The molecule has 1 atom stereocenters. The van der Waals surface area contributed by atoms with Crippen molar-refractivity contribution in [2.45, 2.75) is 19.1 Å². The fourth-order valence-corrected chi connectivity index (χ4v) is 1.15. The average Bonchev–Trinajstić information content (AvgIpc) is 2.27. The highest BCUT2D eigenvalue weighted by atomic mass is 35.5. The van der Waals surface area contributed by atoms with E-state index in [1.807, 2.05) is 30.3 Å². The van der Waals surface area contributed by atoms with Crippen LogP contribution in [0.25, 0.3) is 0 Å². The van der Waals surface area contributed by atoms with Gasteiger partial charge in [-0.25, -0.2) is 0 Å². The fourth-order valence-electron chi connectivity index (χ4n) is 1.04. The monoisotopic (exact) mass is 228 g/mol.